The van der Waals surface area contributed by atoms with Crippen LogP contribution >= 0.6 is 0 Å². The van der Waals surface area contributed by atoms with Crippen LogP contribution < -0.4 is 14.8 Å². The lowest BCUT2D eigenvalue weighted by atomic mass is 10.1. The fourth-order valence-electron chi connectivity index (χ4n) is 3.24. The van der Waals surface area contributed by atoms with Crippen LogP contribution in [0.4, 0.5) is 0 Å². The maximum Gasteiger partial charge on any atom is 0.244 e. The molecule has 1 amide bonds. The summed E-state index contributed by atoms with van der Waals surface area (Å²) in [4.78, 5) is 16.5. The van der Waals surface area contributed by atoms with Gasteiger partial charge in [-0.15, -0.1) is 0 Å². The molecule has 3 aromatic rings. The molecule has 1 N–H and O–H groups in total. The maximum atomic E-state index is 12.2. The van der Waals surface area contributed by atoms with E-state index in [0.717, 1.165) is 28.3 Å². The Morgan fingerprint density at radius 1 is 1.13 bits per heavy atom. The van der Waals surface area contributed by atoms with Gasteiger partial charge in [0.15, 0.2) is 17.3 Å². The van der Waals surface area contributed by atoms with Gasteiger partial charge in [0.25, 0.3) is 0 Å². The molecule has 0 aliphatic rings. The van der Waals surface area contributed by atoms with Crippen molar-refractivity contribution in [1.29, 1.82) is 0 Å². The zero-order chi connectivity index (χ0) is 21.5. The third kappa shape index (κ3) is 4.86. The molecule has 0 atom stereocenters. The van der Waals surface area contributed by atoms with E-state index in [1.807, 2.05) is 48.9 Å². The molecule has 30 heavy (non-hydrogen) atoms. The first-order chi connectivity index (χ1) is 14.5. The van der Waals surface area contributed by atoms with Crippen LogP contribution in [0.25, 0.3) is 11.9 Å². The highest BCUT2D eigenvalue weighted by molar-refractivity contribution is 5.91. The second-order valence-corrected chi connectivity index (χ2v) is 6.74. The molecule has 0 saturated heterocycles. The van der Waals surface area contributed by atoms with Crippen molar-refractivity contribution < 1.29 is 14.3 Å². The summed E-state index contributed by atoms with van der Waals surface area (Å²) in [5, 5.41) is 7.51. The van der Waals surface area contributed by atoms with Gasteiger partial charge in [0.1, 0.15) is 0 Å². The number of nitrogens with zero attached hydrogens (tertiary/aromatic N) is 3. The SMILES string of the molecule is COc1ccc(C=CC(=O)NCCc2c(C)nn(-c3ccccn3)c2C)cc1OC. The van der Waals surface area contributed by atoms with Gasteiger partial charge in [0, 0.05) is 24.5 Å². The fraction of sp³-hybridized carbons (Fsp3) is 0.261. The minimum absolute atomic E-state index is 0.155. The number of amides is 1. The molecule has 0 spiro atoms. The molecular formula is C23H26N4O3. The lowest BCUT2D eigenvalue weighted by Gasteiger charge is -2.07. The quantitative estimate of drug-likeness (QED) is 0.581. The number of hydrogen-bond donors (Lipinski definition) is 1. The minimum Gasteiger partial charge on any atom is -0.493 e. The Morgan fingerprint density at radius 2 is 1.93 bits per heavy atom. The second-order valence-electron chi connectivity index (χ2n) is 6.74. The van der Waals surface area contributed by atoms with E-state index in [1.165, 1.54) is 6.08 Å². The molecule has 0 bridgehead atoms. The van der Waals surface area contributed by atoms with Crippen LogP contribution in [0.3, 0.4) is 0 Å². The Balaban J connectivity index is 1.59. The van der Waals surface area contributed by atoms with Gasteiger partial charge < -0.3 is 14.8 Å². The van der Waals surface area contributed by atoms with Crippen LogP contribution in [-0.2, 0) is 11.2 Å². The molecule has 2 aromatic heterocycles. The predicted molar refractivity (Wildman–Crippen MR) is 116 cm³/mol. The van der Waals surface area contributed by atoms with Crippen molar-refractivity contribution in [1.82, 2.24) is 20.1 Å². The van der Waals surface area contributed by atoms with Crippen molar-refractivity contribution >= 4 is 12.0 Å². The molecule has 0 radical (unpaired) electrons. The van der Waals surface area contributed by atoms with Crippen molar-refractivity contribution in [2.45, 2.75) is 20.3 Å². The third-order valence-corrected chi connectivity index (χ3v) is 4.82. The Hall–Kier alpha value is -3.61. The summed E-state index contributed by atoms with van der Waals surface area (Å²) in [6, 6.07) is 11.2. The number of nitrogens with one attached hydrogen (secondary N) is 1. The molecule has 3 rings (SSSR count). The van der Waals surface area contributed by atoms with Crippen LogP contribution in [-0.4, -0.2) is 41.4 Å². The van der Waals surface area contributed by atoms with E-state index >= 15 is 0 Å². The second kappa shape index (κ2) is 9.73. The summed E-state index contributed by atoms with van der Waals surface area (Å²) in [7, 11) is 3.17. The van der Waals surface area contributed by atoms with Gasteiger partial charge in [0.05, 0.1) is 19.9 Å². The number of carbonyl (C=O) groups is 1. The Bertz CT molecular complexity index is 1040. The summed E-state index contributed by atoms with van der Waals surface area (Å²) >= 11 is 0. The van der Waals surface area contributed by atoms with Crippen molar-refractivity contribution in [3.05, 3.63) is 71.2 Å². The number of hydrogen-bond acceptors (Lipinski definition) is 5. The summed E-state index contributed by atoms with van der Waals surface area (Å²) in [5.74, 6) is 1.90. The van der Waals surface area contributed by atoms with Gasteiger partial charge in [-0.1, -0.05) is 12.1 Å². The van der Waals surface area contributed by atoms with Gasteiger partial charge in [-0.3, -0.25) is 4.79 Å². The average Bonchev–Trinajstić information content (AvgIpc) is 3.06. The Labute approximate surface area is 176 Å². The van der Waals surface area contributed by atoms with Crippen LogP contribution in [0.1, 0.15) is 22.5 Å². The van der Waals surface area contributed by atoms with Crippen LogP contribution in [0.15, 0.2) is 48.7 Å². The largest absolute Gasteiger partial charge is 0.493 e. The Morgan fingerprint density at radius 3 is 2.63 bits per heavy atom. The van der Waals surface area contributed by atoms with E-state index in [4.69, 9.17) is 9.47 Å². The zero-order valence-corrected chi connectivity index (χ0v) is 17.7. The highest BCUT2D eigenvalue weighted by Gasteiger charge is 2.13. The van der Waals surface area contributed by atoms with E-state index in [-0.39, 0.29) is 5.91 Å². The summed E-state index contributed by atoms with van der Waals surface area (Å²) in [6.45, 7) is 4.51. The van der Waals surface area contributed by atoms with Gasteiger partial charge in [-0.05, 0) is 61.7 Å². The predicted octanol–water partition coefficient (Wildman–Crippen LogP) is 3.27. The topological polar surface area (TPSA) is 78.3 Å². The number of benzene rings is 1. The van der Waals surface area contributed by atoms with E-state index in [1.54, 1.807) is 32.6 Å². The van der Waals surface area contributed by atoms with Gasteiger partial charge in [0.2, 0.25) is 5.91 Å². The maximum absolute atomic E-state index is 12.2. The molecule has 0 unspecified atom stereocenters. The van der Waals surface area contributed by atoms with Crippen LogP contribution in [0.5, 0.6) is 11.5 Å². The molecule has 156 valence electrons. The highest BCUT2D eigenvalue weighted by Crippen LogP contribution is 2.27. The first kappa shape index (κ1) is 21.1. The van der Waals surface area contributed by atoms with E-state index in [2.05, 4.69) is 15.4 Å². The molecule has 0 saturated carbocycles. The van der Waals surface area contributed by atoms with Crippen LogP contribution in [0.2, 0.25) is 0 Å². The van der Waals surface area contributed by atoms with Crippen molar-refractivity contribution in [2.24, 2.45) is 0 Å². The molecule has 2 heterocycles. The lowest BCUT2D eigenvalue weighted by Crippen LogP contribution is -2.23. The number of aryl methyl sites for hydroxylation is 1. The zero-order valence-electron chi connectivity index (χ0n) is 17.7. The van der Waals surface area contributed by atoms with Gasteiger partial charge in [-0.25, -0.2) is 9.67 Å². The molecule has 0 aliphatic carbocycles. The van der Waals surface area contributed by atoms with Crippen LogP contribution in [0, 0.1) is 13.8 Å². The average molecular weight is 406 g/mol. The summed E-state index contributed by atoms with van der Waals surface area (Å²) in [5.41, 5.74) is 3.94. The number of pyridine rings is 1. The van der Waals surface area contributed by atoms with Gasteiger partial charge in [-0.2, -0.15) is 5.10 Å². The van der Waals surface area contributed by atoms with Gasteiger partial charge >= 0.3 is 0 Å². The van der Waals surface area contributed by atoms with Crippen molar-refractivity contribution in [3.63, 3.8) is 0 Å². The lowest BCUT2D eigenvalue weighted by molar-refractivity contribution is -0.116. The van der Waals surface area contributed by atoms with Crippen molar-refractivity contribution in [2.75, 3.05) is 20.8 Å². The number of rotatable bonds is 8. The molecular weight excluding hydrogens is 380 g/mol. The smallest absolute Gasteiger partial charge is 0.244 e. The first-order valence-corrected chi connectivity index (χ1v) is 9.68. The molecule has 7 heteroatoms. The fourth-order valence-corrected chi connectivity index (χ4v) is 3.24. The number of carbonyl (C=O) groups excluding carboxylic acids is 1. The Kier molecular flexibility index (Phi) is 6.85. The number of aromatic nitrogens is 3. The van der Waals surface area contributed by atoms with E-state index in [0.29, 0.717) is 24.5 Å². The normalized spacial score (nSPS) is 10.9. The highest BCUT2D eigenvalue weighted by atomic mass is 16.5. The third-order valence-electron chi connectivity index (χ3n) is 4.82. The standard InChI is InChI=1S/C23H26N4O3/c1-16-19(17(2)27(26-16)22-7-5-6-13-24-22)12-14-25-23(28)11-9-18-8-10-20(29-3)21(15-18)30-4/h5-11,13,15H,12,14H2,1-4H3,(H,25,28). The minimum atomic E-state index is -0.155. The molecule has 1 aromatic carbocycles. The monoisotopic (exact) mass is 406 g/mol. The number of methoxy groups -OCH3 is 2. The molecule has 7 nitrogen and oxygen atoms in total. The van der Waals surface area contributed by atoms with E-state index in [9.17, 15) is 4.79 Å². The summed E-state index contributed by atoms with van der Waals surface area (Å²) < 4.78 is 12.3. The molecule has 0 aliphatic heterocycles. The van der Waals surface area contributed by atoms with E-state index < -0.39 is 0 Å². The summed E-state index contributed by atoms with van der Waals surface area (Å²) in [6.07, 6.45) is 5.70. The first-order valence-electron chi connectivity index (χ1n) is 9.68. The number of ether oxygens (including phenoxy) is 2. The van der Waals surface area contributed by atoms with Crippen molar-refractivity contribution in [3.8, 4) is 17.3 Å². The molecule has 0 fully saturated rings.